The van der Waals surface area contributed by atoms with Crippen molar-refractivity contribution < 1.29 is 0 Å². The highest BCUT2D eigenvalue weighted by Gasteiger charge is 2.32. The number of aromatic nitrogens is 2. The lowest BCUT2D eigenvalue weighted by molar-refractivity contribution is 0.171. The van der Waals surface area contributed by atoms with Gasteiger partial charge in [0.2, 0.25) is 0 Å². The molecule has 0 aromatic carbocycles. The third-order valence-electron chi connectivity index (χ3n) is 4.03. The number of nitrogens with two attached hydrogens (primary N) is 1. The second kappa shape index (κ2) is 4.21. The average molecular weight is 219 g/mol. The van der Waals surface area contributed by atoms with Gasteiger partial charge in [0.05, 0.1) is 11.7 Å². The fourth-order valence-electron chi connectivity index (χ4n) is 2.71. The zero-order chi connectivity index (χ0) is 11.0. The molecular weight excluding hydrogens is 198 g/mol. The Labute approximate surface area is 97.0 Å². The number of nitrogens with zero attached hydrogens (tertiary/aromatic N) is 2. The molecule has 0 aliphatic heterocycles. The van der Waals surface area contributed by atoms with E-state index in [4.69, 9.17) is 10.8 Å². The fourth-order valence-corrected chi connectivity index (χ4v) is 2.71. The van der Waals surface area contributed by atoms with Gasteiger partial charge in [-0.25, -0.2) is 0 Å². The van der Waals surface area contributed by atoms with Gasteiger partial charge in [0, 0.05) is 12.1 Å². The highest BCUT2D eigenvalue weighted by Crippen LogP contribution is 2.42. The molecule has 3 heteroatoms. The van der Waals surface area contributed by atoms with Gasteiger partial charge >= 0.3 is 0 Å². The molecule has 16 heavy (non-hydrogen) atoms. The number of rotatable bonds is 5. The Morgan fingerprint density at radius 1 is 1.38 bits per heavy atom. The molecule has 1 aromatic rings. The van der Waals surface area contributed by atoms with E-state index in [1.54, 1.807) is 0 Å². The zero-order valence-corrected chi connectivity index (χ0v) is 9.81. The van der Waals surface area contributed by atoms with Crippen molar-refractivity contribution >= 4 is 0 Å². The second-order valence-electron chi connectivity index (χ2n) is 5.42. The van der Waals surface area contributed by atoms with Gasteiger partial charge in [-0.1, -0.05) is 0 Å². The summed E-state index contributed by atoms with van der Waals surface area (Å²) in [6.45, 7) is 0.842. The summed E-state index contributed by atoms with van der Waals surface area (Å²) in [5.41, 5.74) is 6.85. The first-order chi connectivity index (χ1) is 7.86. The molecule has 3 nitrogen and oxygen atoms in total. The summed E-state index contributed by atoms with van der Waals surface area (Å²) < 4.78 is 2.20. The van der Waals surface area contributed by atoms with E-state index in [-0.39, 0.29) is 0 Å². The van der Waals surface area contributed by atoms with Crippen LogP contribution in [0.15, 0.2) is 12.3 Å². The minimum absolute atomic E-state index is 0.676. The first-order valence-electron chi connectivity index (χ1n) is 6.62. The third kappa shape index (κ3) is 2.01. The number of hydrogen-bond donors (Lipinski definition) is 1. The minimum atomic E-state index is 0.676. The highest BCUT2D eigenvalue weighted by atomic mass is 15.3. The molecule has 1 aromatic heterocycles. The summed E-state index contributed by atoms with van der Waals surface area (Å²) in [4.78, 5) is 0. The summed E-state index contributed by atoms with van der Waals surface area (Å²) in [6.07, 6.45) is 9.99. The number of hydrogen-bond acceptors (Lipinski definition) is 2. The van der Waals surface area contributed by atoms with Gasteiger partial charge in [0.1, 0.15) is 0 Å². The van der Waals surface area contributed by atoms with Crippen LogP contribution in [0.25, 0.3) is 0 Å². The van der Waals surface area contributed by atoms with Crippen LogP contribution in [0.3, 0.4) is 0 Å². The van der Waals surface area contributed by atoms with Crippen molar-refractivity contribution in [3.05, 3.63) is 18.0 Å². The zero-order valence-electron chi connectivity index (χ0n) is 9.81. The maximum absolute atomic E-state index is 5.53. The summed E-state index contributed by atoms with van der Waals surface area (Å²) in [5.74, 6) is 1.69. The lowest BCUT2D eigenvalue weighted by Crippen LogP contribution is -2.27. The molecule has 0 saturated heterocycles. The maximum atomic E-state index is 5.53. The van der Waals surface area contributed by atoms with Crippen molar-refractivity contribution in [2.45, 2.75) is 50.5 Å². The third-order valence-corrected chi connectivity index (χ3v) is 4.03. The lowest BCUT2D eigenvalue weighted by atomic mass is 9.77. The van der Waals surface area contributed by atoms with Gasteiger partial charge in [-0.05, 0) is 57.1 Å². The van der Waals surface area contributed by atoms with E-state index < -0.39 is 0 Å². The molecule has 2 aliphatic rings. The molecule has 3 rings (SSSR count). The van der Waals surface area contributed by atoms with Crippen molar-refractivity contribution in [2.75, 3.05) is 6.54 Å². The standard InChI is InChI=1S/C13H21N3/c14-6-1-2-10-8-12(9-10)16-7-5-13(15-16)11-3-4-11/h5,7,10-12H,1-4,6,8-9,14H2/t10-,12-. The van der Waals surface area contributed by atoms with Crippen molar-refractivity contribution in [2.24, 2.45) is 11.7 Å². The molecule has 0 atom stereocenters. The van der Waals surface area contributed by atoms with Crippen LogP contribution in [0.5, 0.6) is 0 Å². The van der Waals surface area contributed by atoms with Crippen LogP contribution in [-0.2, 0) is 0 Å². The molecular formula is C13H21N3. The van der Waals surface area contributed by atoms with E-state index in [2.05, 4.69) is 16.9 Å². The Hall–Kier alpha value is -0.830. The van der Waals surface area contributed by atoms with E-state index in [9.17, 15) is 0 Å². The molecule has 0 unspecified atom stereocenters. The predicted octanol–water partition coefficient (Wildman–Crippen LogP) is 2.45. The van der Waals surface area contributed by atoms with Gasteiger partial charge in [-0.3, -0.25) is 4.68 Å². The van der Waals surface area contributed by atoms with Crippen LogP contribution in [0, 0.1) is 5.92 Å². The maximum Gasteiger partial charge on any atom is 0.0655 e. The summed E-state index contributed by atoms with van der Waals surface area (Å²) in [7, 11) is 0. The van der Waals surface area contributed by atoms with Crippen LogP contribution in [0.2, 0.25) is 0 Å². The van der Waals surface area contributed by atoms with Crippen LogP contribution in [-0.4, -0.2) is 16.3 Å². The Morgan fingerprint density at radius 2 is 2.19 bits per heavy atom. The van der Waals surface area contributed by atoms with Gasteiger partial charge in [0.15, 0.2) is 0 Å². The van der Waals surface area contributed by atoms with Gasteiger partial charge in [-0.2, -0.15) is 5.10 Å². The lowest BCUT2D eigenvalue weighted by Gasteiger charge is -2.35. The van der Waals surface area contributed by atoms with Crippen LogP contribution < -0.4 is 5.73 Å². The van der Waals surface area contributed by atoms with Crippen molar-refractivity contribution in [1.29, 1.82) is 0 Å². The highest BCUT2D eigenvalue weighted by molar-refractivity contribution is 5.13. The first kappa shape index (κ1) is 10.3. The molecule has 0 spiro atoms. The van der Waals surface area contributed by atoms with E-state index in [0.29, 0.717) is 6.04 Å². The van der Waals surface area contributed by atoms with Crippen molar-refractivity contribution in [3.63, 3.8) is 0 Å². The molecule has 0 amide bonds. The molecule has 0 bridgehead atoms. The predicted molar refractivity (Wildman–Crippen MR) is 64.3 cm³/mol. The van der Waals surface area contributed by atoms with Crippen LogP contribution >= 0.6 is 0 Å². The molecule has 88 valence electrons. The normalized spacial score (nSPS) is 29.1. The Balaban J connectivity index is 1.51. The van der Waals surface area contributed by atoms with Crippen molar-refractivity contribution in [3.8, 4) is 0 Å². The van der Waals surface area contributed by atoms with E-state index in [1.807, 2.05) is 0 Å². The van der Waals surface area contributed by atoms with Crippen molar-refractivity contribution in [1.82, 2.24) is 9.78 Å². The molecule has 1 heterocycles. The smallest absolute Gasteiger partial charge is 0.0655 e. The summed E-state index contributed by atoms with van der Waals surface area (Å²) in [6, 6.07) is 2.89. The van der Waals surface area contributed by atoms with Crippen LogP contribution in [0.4, 0.5) is 0 Å². The topological polar surface area (TPSA) is 43.8 Å². The molecule has 2 saturated carbocycles. The average Bonchev–Trinajstić information content (AvgIpc) is 2.97. The first-order valence-corrected chi connectivity index (χ1v) is 6.62. The second-order valence-corrected chi connectivity index (χ2v) is 5.42. The quantitative estimate of drug-likeness (QED) is 0.826. The van der Waals surface area contributed by atoms with Crippen LogP contribution in [0.1, 0.15) is 56.2 Å². The molecule has 2 N–H and O–H groups in total. The SMILES string of the molecule is NCCC[C@H]1C[C@H](n2ccc(C3CC3)n2)C1. The van der Waals surface area contributed by atoms with E-state index >= 15 is 0 Å². The fraction of sp³-hybridized carbons (Fsp3) is 0.769. The summed E-state index contributed by atoms with van der Waals surface area (Å²) >= 11 is 0. The Kier molecular flexibility index (Phi) is 2.72. The van der Waals surface area contributed by atoms with E-state index in [0.717, 1.165) is 18.4 Å². The Bertz CT molecular complexity index is 348. The Morgan fingerprint density at radius 3 is 2.88 bits per heavy atom. The monoisotopic (exact) mass is 219 g/mol. The molecule has 2 aliphatic carbocycles. The van der Waals surface area contributed by atoms with Gasteiger partial charge < -0.3 is 5.73 Å². The minimum Gasteiger partial charge on any atom is -0.330 e. The van der Waals surface area contributed by atoms with Gasteiger partial charge in [0.25, 0.3) is 0 Å². The van der Waals surface area contributed by atoms with Gasteiger partial charge in [-0.15, -0.1) is 0 Å². The van der Waals surface area contributed by atoms with E-state index in [1.165, 1.54) is 44.2 Å². The largest absolute Gasteiger partial charge is 0.330 e. The molecule has 2 fully saturated rings. The summed E-state index contributed by atoms with van der Waals surface area (Å²) in [5, 5.41) is 4.70. The molecule has 0 radical (unpaired) electrons.